The number of ether oxygens (including phenoxy) is 1. The van der Waals surface area contributed by atoms with Gasteiger partial charge in [-0.2, -0.15) is 0 Å². The summed E-state index contributed by atoms with van der Waals surface area (Å²) in [6, 6.07) is 17.1. The first-order valence-electron chi connectivity index (χ1n) is 9.35. The molecule has 1 saturated heterocycles. The van der Waals surface area contributed by atoms with Crippen LogP contribution in [0.1, 0.15) is 16.8 Å². The molecule has 0 radical (unpaired) electrons. The number of primary amides is 1. The SMILES string of the molecule is Cl.NC(=O)c1ccc(OCC(O)CCN2CCN(c3ccccc3)CC2)cc1. The number of hydrogen-bond donors (Lipinski definition) is 2. The van der Waals surface area contributed by atoms with Crippen LogP contribution in [0.2, 0.25) is 0 Å². The van der Waals surface area contributed by atoms with Crippen molar-refractivity contribution in [3.63, 3.8) is 0 Å². The highest BCUT2D eigenvalue weighted by molar-refractivity contribution is 5.92. The van der Waals surface area contributed by atoms with Crippen LogP contribution in [0.25, 0.3) is 0 Å². The lowest BCUT2D eigenvalue weighted by molar-refractivity contribution is 0.0865. The second-order valence-electron chi connectivity index (χ2n) is 6.81. The van der Waals surface area contributed by atoms with E-state index in [0.29, 0.717) is 17.7 Å². The van der Waals surface area contributed by atoms with Crippen LogP contribution in [0, 0.1) is 0 Å². The van der Waals surface area contributed by atoms with Crippen molar-refractivity contribution in [2.45, 2.75) is 12.5 Å². The molecule has 1 amide bonds. The molecule has 1 aliphatic heterocycles. The van der Waals surface area contributed by atoms with Crippen molar-refractivity contribution in [2.24, 2.45) is 5.73 Å². The Kier molecular flexibility index (Phi) is 8.57. The molecule has 3 N–H and O–H groups in total. The van der Waals surface area contributed by atoms with Crippen molar-refractivity contribution in [3.05, 3.63) is 60.2 Å². The maximum absolute atomic E-state index is 11.0. The number of halogens is 1. The molecule has 1 fully saturated rings. The van der Waals surface area contributed by atoms with Crippen molar-refractivity contribution in [2.75, 3.05) is 44.2 Å². The van der Waals surface area contributed by atoms with Crippen LogP contribution in [0.4, 0.5) is 5.69 Å². The van der Waals surface area contributed by atoms with Crippen LogP contribution in [0.15, 0.2) is 54.6 Å². The minimum absolute atomic E-state index is 0. The molecule has 0 spiro atoms. The van der Waals surface area contributed by atoms with Gasteiger partial charge in [0.1, 0.15) is 12.4 Å². The molecular formula is C21H28ClN3O3. The monoisotopic (exact) mass is 405 g/mol. The number of nitrogens with two attached hydrogens (primary N) is 1. The lowest BCUT2D eigenvalue weighted by Gasteiger charge is -2.36. The summed E-state index contributed by atoms with van der Waals surface area (Å²) in [5.41, 5.74) is 6.92. The lowest BCUT2D eigenvalue weighted by Crippen LogP contribution is -2.47. The maximum Gasteiger partial charge on any atom is 0.248 e. The summed E-state index contributed by atoms with van der Waals surface area (Å²) in [5, 5.41) is 10.2. The Morgan fingerprint density at radius 3 is 2.29 bits per heavy atom. The highest BCUT2D eigenvalue weighted by atomic mass is 35.5. The Morgan fingerprint density at radius 1 is 1.04 bits per heavy atom. The molecule has 2 aromatic rings. The molecule has 1 aliphatic rings. The van der Waals surface area contributed by atoms with Crippen LogP contribution in [0.3, 0.4) is 0 Å². The average molecular weight is 406 g/mol. The predicted octanol–water partition coefficient (Wildman–Crippen LogP) is 2.16. The Morgan fingerprint density at radius 2 is 1.68 bits per heavy atom. The van der Waals surface area contributed by atoms with Gasteiger partial charge in [0.25, 0.3) is 0 Å². The summed E-state index contributed by atoms with van der Waals surface area (Å²) in [4.78, 5) is 15.8. The molecule has 1 atom stereocenters. The molecule has 0 aromatic heterocycles. The normalized spacial score (nSPS) is 15.5. The van der Waals surface area contributed by atoms with E-state index in [2.05, 4.69) is 34.1 Å². The fraction of sp³-hybridized carbons (Fsp3) is 0.381. The minimum Gasteiger partial charge on any atom is -0.491 e. The van der Waals surface area contributed by atoms with Gasteiger partial charge >= 0.3 is 0 Å². The largest absolute Gasteiger partial charge is 0.491 e. The highest BCUT2D eigenvalue weighted by Gasteiger charge is 2.18. The Bertz CT molecular complexity index is 719. The topological polar surface area (TPSA) is 79.0 Å². The third-order valence-electron chi connectivity index (χ3n) is 4.85. The third-order valence-corrected chi connectivity index (χ3v) is 4.85. The maximum atomic E-state index is 11.0. The van der Waals surface area contributed by atoms with Crippen LogP contribution in [-0.4, -0.2) is 61.3 Å². The molecule has 0 bridgehead atoms. The zero-order chi connectivity index (χ0) is 19.1. The lowest BCUT2D eigenvalue weighted by atomic mass is 10.2. The molecule has 28 heavy (non-hydrogen) atoms. The van der Waals surface area contributed by atoms with E-state index in [4.69, 9.17) is 10.5 Å². The number of aliphatic hydroxyl groups excluding tert-OH is 1. The summed E-state index contributed by atoms with van der Waals surface area (Å²) < 4.78 is 5.59. The van der Waals surface area contributed by atoms with E-state index >= 15 is 0 Å². The van der Waals surface area contributed by atoms with Gasteiger partial charge in [-0.25, -0.2) is 0 Å². The van der Waals surface area contributed by atoms with Gasteiger partial charge < -0.3 is 20.5 Å². The van der Waals surface area contributed by atoms with Gasteiger partial charge in [0, 0.05) is 44.0 Å². The van der Waals surface area contributed by atoms with Crippen LogP contribution in [-0.2, 0) is 0 Å². The van der Waals surface area contributed by atoms with Crippen molar-refractivity contribution in [1.29, 1.82) is 0 Å². The minimum atomic E-state index is -0.520. The number of rotatable bonds is 8. The Balaban J connectivity index is 0.00000280. The molecule has 0 aliphatic carbocycles. The fourth-order valence-corrected chi connectivity index (χ4v) is 3.19. The van der Waals surface area contributed by atoms with Gasteiger partial charge in [-0.05, 0) is 42.8 Å². The van der Waals surface area contributed by atoms with Crippen molar-refractivity contribution < 1.29 is 14.6 Å². The summed E-state index contributed by atoms with van der Waals surface area (Å²) in [6.45, 7) is 5.09. The molecule has 1 unspecified atom stereocenters. The third kappa shape index (κ3) is 6.41. The molecule has 0 saturated carbocycles. The molecular weight excluding hydrogens is 378 g/mol. The first-order chi connectivity index (χ1) is 13.1. The van der Waals surface area contributed by atoms with E-state index in [-0.39, 0.29) is 19.0 Å². The number of carbonyl (C=O) groups excluding carboxylic acids is 1. The van der Waals surface area contributed by atoms with Crippen molar-refractivity contribution in [1.82, 2.24) is 4.90 Å². The van der Waals surface area contributed by atoms with Gasteiger partial charge in [0.15, 0.2) is 0 Å². The number of para-hydroxylation sites is 1. The van der Waals surface area contributed by atoms with Gasteiger partial charge in [-0.3, -0.25) is 9.69 Å². The number of benzene rings is 2. The number of nitrogens with zero attached hydrogens (tertiary/aromatic N) is 2. The predicted molar refractivity (Wildman–Crippen MR) is 113 cm³/mol. The Labute approximate surface area is 172 Å². The number of amides is 1. The quantitative estimate of drug-likeness (QED) is 0.703. The summed E-state index contributed by atoms with van der Waals surface area (Å²) in [7, 11) is 0. The van der Waals surface area contributed by atoms with Crippen LogP contribution in [0.5, 0.6) is 5.75 Å². The molecule has 7 heteroatoms. The summed E-state index contributed by atoms with van der Waals surface area (Å²) >= 11 is 0. The second kappa shape index (κ2) is 10.9. The first kappa shape index (κ1) is 22.0. The van der Waals surface area contributed by atoms with Gasteiger partial charge in [0.2, 0.25) is 5.91 Å². The van der Waals surface area contributed by atoms with E-state index < -0.39 is 12.0 Å². The van der Waals surface area contributed by atoms with Gasteiger partial charge in [0.05, 0.1) is 6.10 Å². The number of piperazine rings is 1. The number of hydrogen-bond acceptors (Lipinski definition) is 5. The van der Waals surface area contributed by atoms with Crippen molar-refractivity contribution >= 4 is 24.0 Å². The number of anilines is 1. The number of aliphatic hydroxyl groups is 1. The second-order valence-corrected chi connectivity index (χ2v) is 6.81. The van der Waals surface area contributed by atoms with Crippen LogP contribution >= 0.6 is 12.4 Å². The van der Waals surface area contributed by atoms with Gasteiger partial charge in [-0.15, -0.1) is 12.4 Å². The molecule has 6 nitrogen and oxygen atoms in total. The summed E-state index contributed by atoms with van der Waals surface area (Å²) in [6.07, 6.45) is 0.151. The van der Waals surface area contributed by atoms with E-state index in [0.717, 1.165) is 32.7 Å². The standard InChI is InChI=1S/C21H27N3O3.ClH/c22-21(26)17-6-8-20(9-7-17)27-16-19(25)10-11-23-12-14-24(15-13-23)18-4-2-1-3-5-18;/h1-9,19,25H,10-16H2,(H2,22,26);1H. The first-order valence-corrected chi connectivity index (χ1v) is 9.35. The molecule has 152 valence electrons. The Hall–Kier alpha value is -2.28. The average Bonchev–Trinajstić information content (AvgIpc) is 2.72. The van der Waals surface area contributed by atoms with E-state index in [1.54, 1.807) is 24.3 Å². The highest BCUT2D eigenvalue weighted by Crippen LogP contribution is 2.16. The van der Waals surface area contributed by atoms with E-state index in [1.807, 2.05) is 6.07 Å². The van der Waals surface area contributed by atoms with E-state index in [1.165, 1.54) is 5.69 Å². The van der Waals surface area contributed by atoms with E-state index in [9.17, 15) is 9.90 Å². The zero-order valence-electron chi connectivity index (χ0n) is 15.9. The summed E-state index contributed by atoms with van der Waals surface area (Å²) in [5.74, 6) is 0.157. The fourth-order valence-electron chi connectivity index (χ4n) is 3.19. The van der Waals surface area contributed by atoms with Gasteiger partial charge in [-0.1, -0.05) is 18.2 Å². The van der Waals surface area contributed by atoms with Crippen molar-refractivity contribution in [3.8, 4) is 5.75 Å². The molecule has 3 rings (SSSR count). The van der Waals surface area contributed by atoms with Crippen LogP contribution < -0.4 is 15.4 Å². The number of carbonyl (C=O) groups is 1. The smallest absolute Gasteiger partial charge is 0.248 e. The zero-order valence-corrected chi connectivity index (χ0v) is 16.7. The molecule has 1 heterocycles. The molecule has 2 aromatic carbocycles.